The van der Waals surface area contributed by atoms with Gasteiger partial charge in [-0.15, -0.1) is 0 Å². The van der Waals surface area contributed by atoms with E-state index in [2.05, 4.69) is 36.4 Å². The summed E-state index contributed by atoms with van der Waals surface area (Å²) in [6, 6.07) is 0.828. The van der Waals surface area contributed by atoms with E-state index in [9.17, 15) is 4.79 Å². The Morgan fingerprint density at radius 3 is 2.64 bits per heavy atom. The third-order valence-corrected chi connectivity index (χ3v) is 4.57. The molecule has 0 aromatic heterocycles. The average Bonchev–Trinajstić information content (AvgIpc) is 2.52. The number of carbonyl (C=O) groups is 1. The Balaban J connectivity index is 2.64. The van der Waals surface area contributed by atoms with E-state index in [0.717, 1.165) is 18.3 Å². The number of nitrogens with zero attached hydrogens (tertiary/aromatic N) is 2. The Morgan fingerprint density at radius 1 is 1.32 bits per heavy atom. The molecule has 3 unspecified atom stereocenters. The fourth-order valence-corrected chi connectivity index (χ4v) is 2.74. The van der Waals surface area contributed by atoms with Gasteiger partial charge in [0, 0.05) is 26.2 Å². The van der Waals surface area contributed by atoms with Crippen molar-refractivity contribution in [2.24, 2.45) is 10.9 Å². The van der Waals surface area contributed by atoms with E-state index in [1.54, 1.807) is 19.0 Å². The molecule has 5 nitrogen and oxygen atoms in total. The number of hydrogen-bond donors (Lipinski definition) is 2. The lowest BCUT2D eigenvalue weighted by molar-refractivity contribution is -0.127. The smallest absolute Gasteiger partial charge is 0.243 e. The van der Waals surface area contributed by atoms with Crippen LogP contribution >= 0.6 is 0 Å². The molecule has 0 radical (unpaired) electrons. The third kappa shape index (κ3) is 6.67. The van der Waals surface area contributed by atoms with Gasteiger partial charge in [0.05, 0.1) is 0 Å². The lowest BCUT2D eigenvalue weighted by Gasteiger charge is -2.31. The van der Waals surface area contributed by atoms with Crippen molar-refractivity contribution in [3.05, 3.63) is 0 Å². The topological polar surface area (TPSA) is 56.7 Å². The molecule has 0 heterocycles. The minimum atomic E-state index is 0.0281. The van der Waals surface area contributed by atoms with Gasteiger partial charge in [-0.3, -0.25) is 4.79 Å². The fraction of sp³-hybridized carbons (Fsp3) is 0.882. The summed E-state index contributed by atoms with van der Waals surface area (Å²) in [5.41, 5.74) is 0. The molecule has 1 aliphatic rings. The molecule has 128 valence electrons. The second-order valence-electron chi connectivity index (χ2n) is 6.69. The second-order valence-corrected chi connectivity index (χ2v) is 6.69. The minimum absolute atomic E-state index is 0.0281. The van der Waals surface area contributed by atoms with Crippen molar-refractivity contribution < 1.29 is 4.79 Å². The zero-order chi connectivity index (χ0) is 16.5. The first kappa shape index (κ1) is 18.8. The molecule has 1 aliphatic carbocycles. The van der Waals surface area contributed by atoms with Crippen LogP contribution in [0.4, 0.5) is 0 Å². The number of hydrogen-bond acceptors (Lipinski definition) is 2. The van der Waals surface area contributed by atoms with E-state index >= 15 is 0 Å². The highest BCUT2D eigenvalue weighted by molar-refractivity contribution is 5.85. The maximum absolute atomic E-state index is 11.8. The molecule has 0 aliphatic heterocycles. The number of nitrogens with one attached hydrogen (secondary N) is 2. The van der Waals surface area contributed by atoms with Gasteiger partial charge in [0.2, 0.25) is 5.91 Å². The van der Waals surface area contributed by atoms with Crippen molar-refractivity contribution in [2.45, 2.75) is 71.4 Å². The van der Waals surface area contributed by atoms with Crippen molar-refractivity contribution in [2.75, 3.05) is 20.6 Å². The van der Waals surface area contributed by atoms with Gasteiger partial charge in [-0.2, -0.15) is 0 Å². The maximum atomic E-state index is 11.8. The van der Waals surface area contributed by atoms with E-state index in [1.165, 1.54) is 32.1 Å². The van der Waals surface area contributed by atoms with Crippen LogP contribution in [-0.4, -0.2) is 49.5 Å². The summed E-state index contributed by atoms with van der Waals surface area (Å²) in [5, 5.41) is 6.96. The number of amides is 1. The number of aliphatic imine (C=N–C) groups is 1. The van der Waals surface area contributed by atoms with Crippen LogP contribution in [0.1, 0.15) is 59.3 Å². The van der Waals surface area contributed by atoms with Crippen LogP contribution in [0.2, 0.25) is 0 Å². The van der Waals surface area contributed by atoms with Gasteiger partial charge in [0.25, 0.3) is 0 Å². The Labute approximate surface area is 135 Å². The third-order valence-electron chi connectivity index (χ3n) is 4.57. The van der Waals surface area contributed by atoms with Crippen LogP contribution < -0.4 is 10.6 Å². The first-order valence-electron chi connectivity index (χ1n) is 8.73. The summed E-state index contributed by atoms with van der Waals surface area (Å²) in [7, 11) is 3.53. The zero-order valence-corrected chi connectivity index (χ0v) is 15.0. The minimum Gasteiger partial charge on any atom is -0.354 e. The van der Waals surface area contributed by atoms with Crippen LogP contribution in [-0.2, 0) is 4.79 Å². The Bertz CT molecular complexity index is 368. The van der Waals surface area contributed by atoms with Crippen LogP contribution in [0.15, 0.2) is 4.99 Å². The van der Waals surface area contributed by atoms with Crippen LogP contribution in [0, 0.1) is 5.92 Å². The molecule has 2 N–H and O–H groups in total. The van der Waals surface area contributed by atoms with Gasteiger partial charge in [-0.25, -0.2) is 4.99 Å². The Hall–Kier alpha value is -1.26. The monoisotopic (exact) mass is 310 g/mol. The highest BCUT2D eigenvalue weighted by atomic mass is 16.2. The molecule has 5 heteroatoms. The lowest BCUT2D eigenvalue weighted by atomic mass is 9.84. The van der Waals surface area contributed by atoms with Gasteiger partial charge < -0.3 is 15.5 Å². The Morgan fingerprint density at radius 2 is 2.05 bits per heavy atom. The molecular weight excluding hydrogens is 276 g/mol. The van der Waals surface area contributed by atoms with Gasteiger partial charge in [0.1, 0.15) is 6.54 Å². The first-order chi connectivity index (χ1) is 10.5. The van der Waals surface area contributed by atoms with Crippen LogP contribution in [0.5, 0.6) is 0 Å². The highest BCUT2D eigenvalue weighted by Gasteiger charge is 2.22. The van der Waals surface area contributed by atoms with Gasteiger partial charge in [-0.05, 0) is 32.1 Å². The molecule has 0 spiro atoms. The molecule has 3 atom stereocenters. The number of likely N-dealkylation sites (N-methyl/N-ethyl adjacent to an activating group) is 1. The number of guanidine groups is 1. The molecular formula is C17H34N4O. The first-order valence-corrected chi connectivity index (χ1v) is 8.73. The SMILES string of the molecule is CCC1CCCC(NC(=NCC(=O)N(C)C)NC(C)CC)C1. The van der Waals surface area contributed by atoms with Crippen molar-refractivity contribution in [3.8, 4) is 0 Å². The largest absolute Gasteiger partial charge is 0.354 e. The lowest BCUT2D eigenvalue weighted by Crippen LogP contribution is -2.48. The summed E-state index contributed by atoms with van der Waals surface area (Å²) >= 11 is 0. The van der Waals surface area contributed by atoms with E-state index in [4.69, 9.17) is 0 Å². The highest BCUT2D eigenvalue weighted by Crippen LogP contribution is 2.26. The van der Waals surface area contributed by atoms with Crippen LogP contribution in [0.3, 0.4) is 0 Å². The summed E-state index contributed by atoms with van der Waals surface area (Å²) in [4.78, 5) is 17.8. The van der Waals surface area contributed by atoms with E-state index < -0.39 is 0 Å². The molecule has 1 saturated carbocycles. The predicted molar refractivity (Wildman–Crippen MR) is 93.1 cm³/mol. The Kier molecular flexibility index (Phi) is 8.28. The quantitative estimate of drug-likeness (QED) is 0.585. The molecule has 0 aromatic carbocycles. The molecule has 1 amide bonds. The van der Waals surface area contributed by atoms with Crippen molar-refractivity contribution in [3.63, 3.8) is 0 Å². The molecule has 1 rings (SSSR count). The van der Waals surface area contributed by atoms with E-state index in [-0.39, 0.29) is 12.5 Å². The van der Waals surface area contributed by atoms with Gasteiger partial charge >= 0.3 is 0 Å². The van der Waals surface area contributed by atoms with Crippen LogP contribution in [0.25, 0.3) is 0 Å². The molecule has 0 aromatic rings. The van der Waals surface area contributed by atoms with Gasteiger partial charge in [-0.1, -0.05) is 33.1 Å². The van der Waals surface area contributed by atoms with Crippen molar-refractivity contribution in [1.82, 2.24) is 15.5 Å². The normalized spacial score (nSPS) is 23.8. The van der Waals surface area contributed by atoms with E-state index in [1.807, 2.05) is 0 Å². The van der Waals surface area contributed by atoms with Gasteiger partial charge in [0.15, 0.2) is 5.96 Å². The summed E-state index contributed by atoms with van der Waals surface area (Å²) in [6.45, 7) is 6.76. The summed E-state index contributed by atoms with van der Waals surface area (Å²) in [5.74, 6) is 1.63. The molecule has 0 saturated heterocycles. The number of rotatable bonds is 6. The number of carbonyl (C=O) groups excluding carboxylic acids is 1. The maximum Gasteiger partial charge on any atom is 0.243 e. The zero-order valence-electron chi connectivity index (χ0n) is 15.0. The van der Waals surface area contributed by atoms with Crippen molar-refractivity contribution in [1.29, 1.82) is 0 Å². The predicted octanol–water partition coefficient (Wildman–Crippen LogP) is 2.38. The van der Waals surface area contributed by atoms with E-state index in [0.29, 0.717) is 12.1 Å². The van der Waals surface area contributed by atoms with Crippen molar-refractivity contribution >= 4 is 11.9 Å². The summed E-state index contributed by atoms with van der Waals surface area (Å²) in [6.07, 6.45) is 7.31. The summed E-state index contributed by atoms with van der Waals surface area (Å²) < 4.78 is 0. The molecule has 1 fully saturated rings. The average molecular weight is 310 g/mol. The second kappa shape index (κ2) is 9.70. The standard InChI is InChI=1S/C17H34N4O/c1-6-13(3)19-17(18-12-16(22)21(4)5)20-15-10-8-9-14(7-2)11-15/h13-15H,6-12H2,1-5H3,(H2,18,19,20). The molecule has 22 heavy (non-hydrogen) atoms. The fourth-order valence-electron chi connectivity index (χ4n) is 2.74. The molecule has 0 bridgehead atoms.